The van der Waals surface area contributed by atoms with Gasteiger partial charge in [-0.3, -0.25) is 9.48 Å². The van der Waals surface area contributed by atoms with Crippen LogP contribution in [0.1, 0.15) is 57.9 Å². The lowest BCUT2D eigenvalue weighted by Crippen LogP contribution is -2.25. The Hall–Kier alpha value is -3.43. The summed E-state index contributed by atoms with van der Waals surface area (Å²) in [5, 5.41) is 4.16. The summed E-state index contributed by atoms with van der Waals surface area (Å²) in [5.74, 6) is 2.03. The molecule has 0 radical (unpaired) electrons. The molecule has 1 aliphatic heterocycles. The Kier molecular flexibility index (Phi) is 5.08. The average Bonchev–Trinajstić information content (AvgIpc) is 3.18. The Labute approximate surface area is 200 Å². The van der Waals surface area contributed by atoms with E-state index >= 15 is 0 Å². The number of hydrogen-bond donors (Lipinski definition) is 1. The zero-order chi connectivity index (χ0) is 24.3. The van der Waals surface area contributed by atoms with Crippen molar-refractivity contribution in [1.29, 1.82) is 0 Å². The number of carbonyl (C=O) groups is 1. The summed E-state index contributed by atoms with van der Waals surface area (Å²) in [7, 11) is 0. The smallest absolute Gasteiger partial charge is 0.383 e. The fourth-order valence-corrected chi connectivity index (χ4v) is 5.59. The topological polar surface area (TPSA) is 89.9 Å². The predicted octanol–water partition coefficient (Wildman–Crippen LogP) is 4.08. The highest BCUT2D eigenvalue weighted by Gasteiger charge is 2.46. The molecule has 2 fully saturated rings. The zero-order valence-corrected chi connectivity index (χ0v) is 19.0. The van der Waals surface area contributed by atoms with E-state index in [1.165, 1.54) is 29.6 Å². The number of aromatic nitrogens is 4. The first-order chi connectivity index (χ1) is 16.8. The van der Waals surface area contributed by atoms with Gasteiger partial charge in [0.1, 0.15) is 11.6 Å². The molecule has 2 unspecified atom stereocenters. The second kappa shape index (κ2) is 8.07. The van der Waals surface area contributed by atoms with Crippen LogP contribution in [-0.2, 0) is 19.1 Å². The highest BCUT2D eigenvalue weighted by atomic mass is 19.4. The maximum absolute atomic E-state index is 13.8. The molecule has 4 heterocycles. The van der Waals surface area contributed by atoms with Crippen LogP contribution in [0, 0.1) is 11.8 Å². The molecule has 3 aromatic rings. The van der Waals surface area contributed by atoms with E-state index in [4.69, 9.17) is 5.73 Å². The summed E-state index contributed by atoms with van der Waals surface area (Å²) < 4.78 is 42.9. The molecule has 3 aromatic heterocycles. The molecule has 10 heteroatoms. The molecule has 0 spiro atoms. The van der Waals surface area contributed by atoms with Crippen LogP contribution in [0.4, 0.5) is 24.8 Å². The largest absolute Gasteiger partial charge is 0.433 e. The van der Waals surface area contributed by atoms with Crippen molar-refractivity contribution in [2.24, 2.45) is 11.8 Å². The molecule has 6 rings (SSSR count). The second-order valence-electron chi connectivity index (χ2n) is 9.89. The molecule has 0 bridgehead atoms. The van der Waals surface area contributed by atoms with Crippen molar-refractivity contribution < 1.29 is 18.0 Å². The normalized spacial score (nSPS) is 22.8. The van der Waals surface area contributed by atoms with Gasteiger partial charge in [-0.05, 0) is 60.3 Å². The van der Waals surface area contributed by atoms with Crippen molar-refractivity contribution in [3.8, 4) is 0 Å². The Morgan fingerprint density at radius 2 is 1.97 bits per heavy atom. The second-order valence-corrected chi connectivity index (χ2v) is 9.89. The van der Waals surface area contributed by atoms with E-state index in [2.05, 4.69) is 15.1 Å². The fraction of sp³-hybridized carbons (Fsp3) is 0.440. The molecule has 182 valence electrons. The Balaban J connectivity index is 1.18. The lowest BCUT2D eigenvalue weighted by molar-refractivity contribution is -0.141. The number of hydrogen-bond acceptors (Lipinski definition) is 6. The number of rotatable bonds is 6. The maximum Gasteiger partial charge on any atom is 0.433 e. The predicted molar refractivity (Wildman–Crippen MR) is 123 cm³/mol. The minimum Gasteiger partial charge on any atom is -0.383 e. The molecule has 3 atom stereocenters. The number of piperidine rings is 1. The first kappa shape index (κ1) is 22.1. The van der Waals surface area contributed by atoms with Crippen molar-refractivity contribution in [3.63, 3.8) is 0 Å². The standard InChI is InChI=1S/C25H25F3N6O/c26-25(27,28)23-15(2-4-22(32-23)33-10-16-7-17(16)11-33)12-34-13-18(9-31-34)21(35)8-14-1-3-20-19(14)5-6-30-24(20)29/h2,4-6,9,13-14,16-17H,1,3,7-8,10-12H2,(H2,29,30)/t14-,16?,17?/m0/s1. The summed E-state index contributed by atoms with van der Waals surface area (Å²) in [5.41, 5.74) is 7.52. The minimum absolute atomic E-state index is 0.0281. The quantitative estimate of drug-likeness (QED) is 0.533. The van der Waals surface area contributed by atoms with Crippen molar-refractivity contribution in [2.75, 3.05) is 23.7 Å². The van der Waals surface area contributed by atoms with Crippen LogP contribution >= 0.6 is 0 Å². The Morgan fingerprint density at radius 1 is 1.17 bits per heavy atom. The van der Waals surface area contributed by atoms with Crippen LogP contribution in [0.2, 0.25) is 0 Å². The van der Waals surface area contributed by atoms with Gasteiger partial charge < -0.3 is 10.6 Å². The highest BCUT2D eigenvalue weighted by Crippen LogP contribution is 2.46. The van der Waals surface area contributed by atoms with E-state index in [0.717, 1.165) is 37.1 Å². The lowest BCUT2D eigenvalue weighted by atomic mass is 9.94. The van der Waals surface area contributed by atoms with E-state index in [9.17, 15) is 18.0 Å². The number of carbonyl (C=O) groups excluding carboxylic acids is 1. The van der Waals surface area contributed by atoms with Crippen molar-refractivity contribution in [1.82, 2.24) is 19.7 Å². The minimum atomic E-state index is -4.58. The molecule has 0 amide bonds. The van der Waals surface area contributed by atoms with Crippen molar-refractivity contribution in [3.05, 3.63) is 64.7 Å². The van der Waals surface area contributed by atoms with Gasteiger partial charge in [-0.25, -0.2) is 9.97 Å². The van der Waals surface area contributed by atoms with Crippen LogP contribution in [0.15, 0.2) is 36.8 Å². The fourth-order valence-electron chi connectivity index (χ4n) is 5.59. The molecule has 1 saturated carbocycles. The number of Topliss-reactive ketones (excluding diaryl/α,β-unsaturated/α-hetero) is 1. The summed E-state index contributed by atoms with van der Waals surface area (Å²) in [4.78, 5) is 23.0. The van der Waals surface area contributed by atoms with Gasteiger partial charge in [0, 0.05) is 37.5 Å². The molecule has 7 nitrogen and oxygen atoms in total. The van der Waals surface area contributed by atoms with Crippen molar-refractivity contribution >= 4 is 17.4 Å². The van der Waals surface area contributed by atoms with Gasteiger partial charge in [-0.15, -0.1) is 0 Å². The Bertz CT molecular complexity index is 1290. The van der Waals surface area contributed by atoms with Gasteiger partial charge in [0.25, 0.3) is 0 Å². The molecule has 2 aliphatic carbocycles. The number of ketones is 1. The summed E-state index contributed by atoms with van der Waals surface area (Å²) in [6.45, 7) is 1.43. The number of nitrogen functional groups attached to an aromatic ring is 1. The summed E-state index contributed by atoms with van der Waals surface area (Å²) in [6.07, 6.45) is 3.07. The van der Waals surface area contributed by atoms with Gasteiger partial charge in [0.15, 0.2) is 11.5 Å². The van der Waals surface area contributed by atoms with E-state index in [1.54, 1.807) is 12.3 Å². The molecular weight excluding hydrogens is 457 g/mol. The third-order valence-corrected chi connectivity index (χ3v) is 7.56. The van der Waals surface area contributed by atoms with Gasteiger partial charge in [0.2, 0.25) is 0 Å². The molecule has 35 heavy (non-hydrogen) atoms. The number of nitrogens with two attached hydrogens (primary N) is 1. The zero-order valence-electron chi connectivity index (χ0n) is 19.0. The van der Waals surface area contributed by atoms with E-state index in [1.807, 2.05) is 11.0 Å². The molecule has 2 N–H and O–H groups in total. The summed E-state index contributed by atoms with van der Waals surface area (Å²) >= 11 is 0. The first-order valence-electron chi connectivity index (χ1n) is 11.9. The number of fused-ring (bicyclic) bond motifs is 2. The number of pyridine rings is 2. The molecule has 3 aliphatic rings. The average molecular weight is 483 g/mol. The van der Waals surface area contributed by atoms with Crippen LogP contribution < -0.4 is 10.6 Å². The van der Waals surface area contributed by atoms with E-state index < -0.39 is 11.9 Å². The van der Waals surface area contributed by atoms with Gasteiger partial charge in [-0.2, -0.15) is 18.3 Å². The van der Waals surface area contributed by atoms with Crippen LogP contribution in [0.3, 0.4) is 0 Å². The highest BCUT2D eigenvalue weighted by molar-refractivity contribution is 5.96. The molecule has 0 aromatic carbocycles. The SMILES string of the molecule is Nc1nccc2c1CC[C@H]2CC(=O)c1cnn(Cc2ccc(N3CC4CC4C3)nc2C(F)(F)F)c1. The Morgan fingerprint density at radius 3 is 2.74 bits per heavy atom. The van der Waals surface area contributed by atoms with Crippen LogP contribution in [-0.4, -0.2) is 38.6 Å². The first-order valence-corrected chi connectivity index (χ1v) is 11.9. The van der Waals surface area contributed by atoms with Gasteiger partial charge in [0.05, 0.1) is 18.3 Å². The van der Waals surface area contributed by atoms with Gasteiger partial charge in [-0.1, -0.05) is 6.07 Å². The maximum atomic E-state index is 13.8. The molecular formula is C25H25F3N6O. The van der Waals surface area contributed by atoms with Crippen LogP contribution in [0.25, 0.3) is 0 Å². The lowest BCUT2D eigenvalue weighted by Gasteiger charge is -2.21. The van der Waals surface area contributed by atoms with Gasteiger partial charge >= 0.3 is 6.18 Å². The molecule has 1 saturated heterocycles. The van der Waals surface area contributed by atoms with Crippen LogP contribution in [0.5, 0.6) is 0 Å². The van der Waals surface area contributed by atoms with E-state index in [0.29, 0.717) is 35.5 Å². The number of alkyl halides is 3. The van der Waals surface area contributed by atoms with E-state index in [-0.39, 0.29) is 23.8 Å². The third-order valence-electron chi connectivity index (χ3n) is 7.56. The monoisotopic (exact) mass is 482 g/mol. The third kappa shape index (κ3) is 4.15. The number of halogens is 3. The number of anilines is 2. The number of nitrogens with zero attached hydrogens (tertiary/aromatic N) is 5. The summed E-state index contributed by atoms with van der Waals surface area (Å²) in [6, 6.07) is 5.04. The van der Waals surface area contributed by atoms with Crippen molar-refractivity contribution in [2.45, 2.75) is 44.3 Å².